The molecule has 2 aromatic rings. The third-order valence-electron chi connectivity index (χ3n) is 2.56. The third-order valence-corrected chi connectivity index (χ3v) is 3.90. The lowest BCUT2D eigenvalue weighted by atomic mass is 10.2. The second kappa shape index (κ2) is 6.67. The molecule has 1 amide bonds. The van der Waals surface area contributed by atoms with Crippen molar-refractivity contribution in [1.82, 2.24) is 4.57 Å². The molecule has 1 heterocycles. The van der Waals surface area contributed by atoms with Gasteiger partial charge in [0.15, 0.2) is 4.80 Å². The van der Waals surface area contributed by atoms with Crippen LogP contribution in [0.3, 0.4) is 0 Å². The SMILES string of the molecule is COc1ccc(Br)cc1C=CC(=O)N=c1sccn1C. The molecule has 0 radical (unpaired) electrons. The summed E-state index contributed by atoms with van der Waals surface area (Å²) in [6.07, 6.45) is 4.99. The molecule has 1 aromatic heterocycles. The zero-order valence-electron chi connectivity index (χ0n) is 11.0. The molecule has 0 aliphatic heterocycles. The van der Waals surface area contributed by atoms with Crippen molar-refractivity contribution in [1.29, 1.82) is 0 Å². The summed E-state index contributed by atoms with van der Waals surface area (Å²) < 4.78 is 7.97. The summed E-state index contributed by atoms with van der Waals surface area (Å²) in [4.78, 5) is 16.5. The fourth-order valence-electron chi connectivity index (χ4n) is 1.56. The van der Waals surface area contributed by atoms with Crippen molar-refractivity contribution in [2.75, 3.05) is 7.11 Å². The molecule has 6 heteroatoms. The molecule has 0 bridgehead atoms. The van der Waals surface area contributed by atoms with Crippen LogP contribution in [0.25, 0.3) is 6.08 Å². The first-order valence-corrected chi connectivity index (χ1v) is 7.48. The monoisotopic (exact) mass is 352 g/mol. The molecule has 2 rings (SSSR count). The number of thiazole rings is 1. The largest absolute Gasteiger partial charge is 0.496 e. The van der Waals surface area contributed by atoms with Crippen molar-refractivity contribution in [3.63, 3.8) is 0 Å². The molecular weight excluding hydrogens is 340 g/mol. The minimum atomic E-state index is -0.301. The van der Waals surface area contributed by atoms with Gasteiger partial charge in [0.1, 0.15) is 5.75 Å². The van der Waals surface area contributed by atoms with Gasteiger partial charge in [-0.2, -0.15) is 4.99 Å². The van der Waals surface area contributed by atoms with Crippen molar-refractivity contribution < 1.29 is 9.53 Å². The molecule has 0 N–H and O–H groups in total. The third kappa shape index (κ3) is 3.68. The highest BCUT2D eigenvalue weighted by molar-refractivity contribution is 9.10. The number of hydrogen-bond donors (Lipinski definition) is 0. The van der Waals surface area contributed by atoms with E-state index in [0.717, 1.165) is 10.0 Å². The predicted octanol–water partition coefficient (Wildman–Crippen LogP) is 3.00. The first kappa shape index (κ1) is 14.7. The van der Waals surface area contributed by atoms with Crippen LogP contribution in [0.4, 0.5) is 0 Å². The highest BCUT2D eigenvalue weighted by Crippen LogP contribution is 2.24. The number of aromatic nitrogens is 1. The van der Waals surface area contributed by atoms with E-state index in [-0.39, 0.29) is 5.91 Å². The fraction of sp³-hybridized carbons (Fsp3) is 0.143. The van der Waals surface area contributed by atoms with Crippen molar-refractivity contribution >= 4 is 39.2 Å². The van der Waals surface area contributed by atoms with Crippen molar-refractivity contribution in [2.45, 2.75) is 0 Å². The quantitative estimate of drug-likeness (QED) is 0.797. The van der Waals surface area contributed by atoms with E-state index in [1.807, 2.05) is 36.8 Å². The van der Waals surface area contributed by atoms with Crippen LogP contribution < -0.4 is 9.54 Å². The zero-order chi connectivity index (χ0) is 14.5. The van der Waals surface area contributed by atoms with Gasteiger partial charge in [-0.25, -0.2) is 0 Å². The van der Waals surface area contributed by atoms with Crippen LogP contribution >= 0.6 is 27.3 Å². The van der Waals surface area contributed by atoms with E-state index in [4.69, 9.17) is 4.74 Å². The van der Waals surface area contributed by atoms with Crippen LogP contribution in [0.2, 0.25) is 0 Å². The number of benzene rings is 1. The van der Waals surface area contributed by atoms with Crippen LogP contribution in [-0.4, -0.2) is 17.6 Å². The molecule has 4 nitrogen and oxygen atoms in total. The Bertz CT molecular complexity index is 716. The van der Waals surface area contributed by atoms with Gasteiger partial charge in [0.25, 0.3) is 5.91 Å². The number of carbonyl (C=O) groups is 1. The van der Waals surface area contributed by atoms with Gasteiger partial charge >= 0.3 is 0 Å². The van der Waals surface area contributed by atoms with Gasteiger partial charge in [0.2, 0.25) is 0 Å². The Kier molecular flexibility index (Phi) is 4.92. The number of amides is 1. The standard InChI is InChI=1S/C14H13BrN2O2S/c1-17-7-8-20-14(17)16-13(18)6-3-10-9-11(15)4-5-12(10)19-2/h3-9H,1-2H3. The lowest BCUT2D eigenvalue weighted by Crippen LogP contribution is -2.11. The smallest absolute Gasteiger partial charge is 0.272 e. The van der Waals surface area contributed by atoms with Crippen molar-refractivity contribution in [3.05, 3.63) is 50.7 Å². The van der Waals surface area contributed by atoms with Crippen molar-refractivity contribution in [2.24, 2.45) is 12.0 Å². The van der Waals surface area contributed by atoms with Gasteiger partial charge in [-0.1, -0.05) is 15.9 Å². The lowest BCUT2D eigenvalue weighted by Gasteiger charge is -2.04. The summed E-state index contributed by atoms with van der Waals surface area (Å²) in [6.45, 7) is 0. The summed E-state index contributed by atoms with van der Waals surface area (Å²) in [5.74, 6) is 0.406. The molecule has 0 atom stereocenters. The molecule has 0 aliphatic carbocycles. The number of halogens is 1. The zero-order valence-corrected chi connectivity index (χ0v) is 13.4. The van der Waals surface area contributed by atoms with Crippen LogP contribution in [0.15, 0.2) is 45.3 Å². The summed E-state index contributed by atoms with van der Waals surface area (Å²) >= 11 is 4.81. The van der Waals surface area contributed by atoms with Gasteiger partial charge in [0.05, 0.1) is 7.11 Å². The molecule has 0 unspecified atom stereocenters. The number of carbonyl (C=O) groups excluding carboxylic acids is 1. The van der Waals surface area contributed by atoms with E-state index in [1.54, 1.807) is 17.8 Å². The van der Waals surface area contributed by atoms with Gasteiger partial charge in [-0.15, -0.1) is 11.3 Å². The van der Waals surface area contributed by atoms with Gasteiger partial charge in [-0.05, 0) is 24.3 Å². The topological polar surface area (TPSA) is 43.6 Å². The normalized spacial score (nSPS) is 12.1. The summed E-state index contributed by atoms with van der Waals surface area (Å²) in [5, 5.41) is 1.88. The van der Waals surface area contributed by atoms with E-state index < -0.39 is 0 Å². The number of methoxy groups -OCH3 is 1. The number of rotatable bonds is 3. The Morgan fingerprint density at radius 1 is 1.50 bits per heavy atom. The molecule has 0 saturated heterocycles. The minimum absolute atomic E-state index is 0.301. The van der Waals surface area contributed by atoms with E-state index in [9.17, 15) is 4.79 Å². The Morgan fingerprint density at radius 3 is 2.95 bits per heavy atom. The van der Waals surface area contributed by atoms with Gasteiger partial charge in [-0.3, -0.25) is 4.79 Å². The van der Waals surface area contributed by atoms with Crippen LogP contribution in [0.1, 0.15) is 5.56 Å². The molecule has 20 heavy (non-hydrogen) atoms. The van der Waals surface area contributed by atoms with E-state index in [2.05, 4.69) is 20.9 Å². The molecule has 104 valence electrons. The first-order valence-electron chi connectivity index (χ1n) is 5.80. The van der Waals surface area contributed by atoms with Crippen LogP contribution in [0, 0.1) is 0 Å². The Labute approximate surface area is 129 Å². The molecule has 0 spiro atoms. The molecule has 0 aliphatic rings. The number of ether oxygens (including phenoxy) is 1. The number of aryl methyl sites for hydroxylation is 1. The van der Waals surface area contributed by atoms with Crippen LogP contribution in [0.5, 0.6) is 5.75 Å². The first-order chi connectivity index (χ1) is 9.60. The van der Waals surface area contributed by atoms with Gasteiger partial charge in [0, 0.05) is 34.7 Å². The predicted molar refractivity (Wildman–Crippen MR) is 83.6 cm³/mol. The average Bonchev–Trinajstić information content (AvgIpc) is 2.82. The number of nitrogens with zero attached hydrogens (tertiary/aromatic N) is 2. The Hall–Kier alpha value is -1.66. The Morgan fingerprint density at radius 2 is 2.30 bits per heavy atom. The second-order valence-electron chi connectivity index (χ2n) is 3.97. The van der Waals surface area contributed by atoms with Crippen LogP contribution in [-0.2, 0) is 11.8 Å². The maximum absolute atomic E-state index is 11.8. The van der Waals surface area contributed by atoms with Gasteiger partial charge < -0.3 is 9.30 Å². The molecule has 0 fully saturated rings. The minimum Gasteiger partial charge on any atom is -0.496 e. The highest BCUT2D eigenvalue weighted by atomic mass is 79.9. The fourth-order valence-corrected chi connectivity index (χ4v) is 2.68. The van der Waals surface area contributed by atoms with E-state index in [0.29, 0.717) is 10.6 Å². The second-order valence-corrected chi connectivity index (χ2v) is 5.75. The Balaban J connectivity index is 2.24. The maximum Gasteiger partial charge on any atom is 0.272 e. The molecular formula is C14H13BrN2O2S. The van der Waals surface area contributed by atoms with E-state index >= 15 is 0 Å². The lowest BCUT2D eigenvalue weighted by molar-refractivity contribution is -0.113. The van der Waals surface area contributed by atoms with Crippen molar-refractivity contribution in [3.8, 4) is 5.75 Å². The summed E-state index contributed by atoms with van der Waals surface area (Å²) in [7, 11) is 3.45. The maximum atomic E-state index is 11.8. The average molecular weight is 353 g/mol. The summed E-state index contributed by atoms with van der Waals surface area (Å²) in [5.41, 5.74) is 0.820. The molecule has 1 aromatic carbocycles. The highest BCUT2D eigenvalue weighted by Gasteiger charge is 2.01. The van der Waals surface area contributed by atoms with E-state index in [1.165, 1.54) is 17.4 Å². The summed E-state index contributed by atoms with van der Waals surface area (Å²) in [6, 6.07) is 5.60. The molecule has 0 saturated carbocycles. The number of hydrogen-bond acceptors (Lipinski definition) is 3.